The molecule has 29 heavy (non-hydrogen) atoms. The highest BCUT2D eigenvalue weighted by Gasteiger charge is 2.23. The van der Waals surface area contributed by atoms with Crippen molar-refractivity contribution in [1.29, 1.82) is 0 Å². The number of piperazine rings is 1. The summed E-state index contributed by atoms with van der Waals surface area (Å²) < 4.78 is 32.6. The van der Waals surface area contributed by atoms with Crippen LogP contribution in [0, 0.1) is 18.6 Å². The van der Waals surface area contributed by atoms with Crippen molar-refractivity contribution in [1.82, 2.24) is 14.8 Å². The molecule has 0 bridgehead atoms. The van der Waals surface area contributed by atoms with Crippen LogP contribution in [0.4, 0.5) is 8.78 Å². The van der Waals surface area contributed by atoms with Crippen LogP contribution in [0.1, 0.15) is 21.6 Å². The highest BCUT2D eigenvalue weighted by atomic mass is 19.1. The number of nitrogens with zero attached hydrogens (tertiary/aromatic N) is 3. The minimum Gasteiger partial charge on any atom is -0.444 e. The van der Waals surface area contributed by atoms with E-state index in [1.807, 2.05) is 0 Å². The monoisotopic (exact) mass is 397 g/mol. The maximum atomic E-state index is 13.7. The standard InChI is InChI=1S/C22H21F2N3O2/c1-15-5-6-17(12-20(15)24)22(28)27-9-7-26(8-10-27)13-19-14-29-21(25-19)16-3-2-4-18(23)11-16/h2-6,11-12,14H,7-10,13H2,1H3. The van der Waals surface area contributed by atoms with E-state index >= 15 is 0 Å². The molecule has 150 valence electrons. The third kappa shape index (κ3) is 4.35. The van der Waals surface area contributed by atoms with Crippen LogP contribution in [-0.4, -0.2) is 46.9 Å². The van der Waals surface area contributed by atoms with Gasteiger partial charge in [0.15, 0.2) is 0 Å². The molecule has 0 radical (unpaired) electrons. The lowest BCUT2D eigenvalue weighted by Gasteiger charge is -2.34. The third-order valence-electron chi connectivity index (χ3n) is 5.09. The van der Waals surface area contributed by atoms with Crippen LogP contribution >= 0.6 is 0 Å². The zero-order valence-electron chi connectivity index (χ0n) is 16.1. The maximum Gasteiger partial charge on any atom is 0.254 e. The van der Waals surface area contributed by atoms with Crippen molar-refractivity contribution in [3.05, 3.63) is 77.2 Å². The van der Waals surface area contributed by atoms with Crippen LogP contribution in [0.15, 0.2) is 53.1 Å². The molecule has 1 amide bonds. The van der Waals surface area contributed by atoms with Gasteiger partial charge in [0.1, 0.15) is 17.9 Å². The molecular formula is C22H21F2N3O2. The fraction of sp³-hybridized carbons (Fsp3) is 0.273. The van der Waals surface area contributed by atoms with Crippen LogP contribution in [0.5, 0.6) is 0 Å². The van der Waals surface area contributed by atoms with Gasteiger partial charge in [-0.15, -0.1) is 0 Å². The Hall–Kier alpha value is -3.06. The second kappa shape index (κ2) is 8.13. The Bertz CT molecular complexity index is 1030. The number of benzene rings is 2. The molecule has 7 heteroatoms. The molecule has 4 rings (SSSR count). The lowest BCUT2D eigenvalue weighted by atomic mass is 10.1. The number of halogens is 2. The second-order valence-electron chi connectivity index (χ2n) is 7.19. The predicted molar refractivity (Wildman–Crippen MR) is 104 cm³/mol. The lowest BCUT2D eigenvalue weighted by molar-refractivity contribution is 0.0626. The van der Waals surface area contributed by atoms with Crippen LogP contribution in [0.3, 0.4) is 0 Å². The van der Waals surface area contributed by atoms with Crippen molar-refractivity contribution >= 4 is 5.91 Å². The van der Waals surface area contributed by atoms with E-state index in [4.69, 9.17) is 4.42 Å². The first-order valence-electron chi connectivity index (χ1n) is 9.48. The minimum absolute atomic E-state index is 0.154. The molecule has 0 spiro atoms. The van der Waals surface area contributed by atoms with Gasteiger partial charge in [-0.3, -0.25) is 9.69 Å². The zero-order chi connectivity index (χ0) is 20.4. The number of carbonyl (C=O) groups excluding carboxylic acids is 1. The number of aryl methyl sites for hydroxylation is 1. The summed E-state index contributed by atoms with van der Waals surface area (Å²) in [6, 6.07) is 10.7. The van der Waals surface area contributed by atoms with E-state index in [9.17, 15) is 13.6 Å². The zero-order valence-corrected chi connectivity index (χ0v) is 16.1. The smallest absolute Gasteiger partial charge is 0.254 e. The summed E-state index contributed by atoms with van der Waals surface area (Å²) in [7, 11) is 0. The normalized spacial score (nSPS) is 14.9. The SMILES string of the molecule is Cc1ccc(C(=O)N2CCN(Cc3coc(-c4cccc(F)c4)n3)CC2)cc1F. The van der Waals surface area contributed by atoms with Crippen molar-refractivity contribution < 1.29 is 18.0 Å². The summed E-state index contributed by atoms with van der Waals surface area (Å²) in [6.07, 6.45) is 1.58. The Morgan fingerprint density at radius 2 is 1.90 bits per heavy atom. The van der Waals surface area contributed by atoms with Crippen LogP contribution in [0.25, 0.3) is 11.5 Å². The third-order valence-corrected chi connectivity index (χ3v) is 5.09. The van der Waals surface area contributed by atoms with Crippen LogP contribution in [-0.2, 0) is 6.54 Å². The molecule has 0 N–H and O–H groups in total. The van der Waals surface area contributed by atoms with Gasteiger partial charge in [0, 0.05) is 43.9 Å². The Morgan fingerprint density at radius 3 is 2.62 bits per heavy atom. The molecular weight excluding hydrogens is 376 g/mol. The quantitative estimate of drug-likeness (QED) is 0.670. The molecule has 1 saturated heterocycles. The number of rotatable bonds is 4. The van der Waals surface area contributed by atoms with Gasteiger partial charge < -0.3 is 9.32 Å². The number of amides is 1. The van der Waals surface area contributed by atoms with Crippen LogP contribution in [0.2, 0.25) is 0 Å². The first-order valence-corrected chi connectivity index (χ1v) is 9.48. The van der Waals surface area contributed by atoms with E-state index in [1.165, 1.54) is 18.2 Å². The van der Waals surface area contributed by atoms with Gasteiger partial charge >= 0.3 is 0 Å². The Labute approximate surface area is 167 Å². The van der Waals surface area contributed by atoms with E-state index in [0.29, 0.717) is 55.3 Å². The Morgan fingerprint density at radius 1 is 1.10 bits per heavy atom. The molecule has 1 aliphatic rings. The first kappa shape index (κ1) is 19.3. The molecule has 3 aromatic rings. The van der Waals surface area contributed by atoms with Crippen molar-refractivity contribution in [2.24, 2.45) is 0 Å². The maximum absolute atomic E-state index is 13.7. The number of hydrogen-bond donors (Lipinski definition) is 0. The average Bonchev–Trinajstić information content (AvgIpc) is 3.19. The van der Waals surface area contributed by atoms with Crippen molar-refractivity contribution in [2.45, 2.75) is 13.5 Å². The topological polar surface area (TPSA) is 49.6 Å². The van der Waals surface area contributed by atoms with Gasteiger partial charge in [-0.25, -0.2) is 13.8 Å². The van der Waals surface area contributed by atoms with E-state index in [2.05, 4.69) is 9.88 Å². The number of carbonyl (C=O) groups is 1. The largest absolute Gasteiger partial charge is 0.444 e. The fourth-order valence-corrected chi connectivity index (χ4v) is 3.38. The predicted octanol–water partition coefficient (Wildman–Crippen LogP) is 3.89. The van der Waals surface area contributed by atoms with E-state index < -0.39 is 0 Å². The molecule has 1 aliphatic heterocycles. The lowest BCUT2D eigenvalue weighted by Crippen LogP contribution is -2.48. The highest BCUT2D eigenvalue weighted by Crippen LogP contribution is 2.20. The number of oxazole rings is 1. The summed E-state index contributed by atoms with van der Waals surface area (Å²) in [6.45, 7) is 4.74. The summed E-state index contributed by atoms with van der Waals surface area (Å²) >= 11 is 0. The first-order chi connectivity index (χ1) is 14.0. The van der Waals surface area contributed by atoms with Gasteiger partial charge in [-0.05, 0) is 42.8 Å². The molecule has 2 aromatic carbocycles. The molecule has 0 unspecified atom stereocenters. The summed E-state index contributed by atoms with van der Waals surface area (Å²) in [5, 5.41) is 0. The second-order valence-corrected chi connectivity index (χ2v) is 7.19. The number of aromatic nitrogens is 1. The minimum atomic E-state index is -0.366. The van der Waals surface area contributed by atoms with Gasteiger partial charge in [-0.2, -0.15) is 0 Å². The van der Waals surface area contributed by atoms with Gasteiger partial charge in [0.25, 0.3) is 5.91 Å². The van der Waals surface area contributed by atoms with Gasteiger partial charge in [0.05, 0.1) is 5.69 Å². The van der Waals surface area contributed by atoms with E-state index in [-0.39, 0.29) is 17.5 Å². The molecule has 1 aromatic heterocycles. The molecule has 1 fully saturated rings. The summed E-state index contributed by atoms with van der Waals surface area (Å²) in [5.74, 6) is -0.473. The highest BCUT2D eigenvalue weighted by molar-refractivity contribution is 5.94. The van der Waals surface area contributed by atoms with E-state index in [0.717, 1.165) is 5.69 Å². The van der Waals surface area contributed by atoms with E-state index in [1.54, 1.807) is 42.4 Å². The molecule has 5 nitrogen and oxygen atoms in total. The molecule has 2 heterocycles. The summed E-state index contributed by atoms with van der Waals surface area (Å²) in [5.41, 5.74) is 2.25. The van der Waals surface area contributed by atoms with Crippen molar-refractivity contribution in [3.8, 4) is 11.5 Å². The summed E-state index contributed by atoms with van der Waals surface area (Å²) in [4.78, 5) is 20.9. The van der Waals surface area contributed by atoms with Crippen molar-refractivity contribution in [3.63, 3.8) is 0 Å². The van der Waals surface area contributed by atoms with Crippen LogP contribution < -0.4 is 0 Å². The Kier molecular flexibility index (Phi) is 5.40. The van der Waals surface area contributed by atoms with Crippen molar-refractivity contribution in [2.75, 3.05) is 26.2 Å². The van der Waals surface area contributed by atoms with Gasteiger partial charge in [0.2, 0.25) is 5.89 Å². The number of hydrogen-bond acceptors (Lipinski definition) is 4. The molecule has 0 atom stereocenters. The molecule has 0 saturated carbocycles. The fourth-order valence-electron chi connectivity index (χ4n) is 3.38. The average molecular weight is 397 g/mol. The Balaban J connectivity index is 1.34. The van der Waals surface area contributed by atoms with Gasteiger partial charge in [-0.1, -0.05) is 12.1 Å². The molecule has 0 aliphatic carbocycles.